The van der Waals surface area contributed by atoms with Crippen molar-refractivity contribution in [2.45, 2.75) is 44.2 Å². The van der Waals surface area contributed by atoms with E-state index in [1.54, 1.807) is 24.3 Å². The van der Waals surface area contributed by atoms with Crippen LogP contribution in [-0.2, 0) is 11.2 Å². The van der Waals surface area contributed by atoms with Crippen LogP contribution in [0.25, 0.3) is 0 Å². The number of nitrogens with two attached hydrogens (primary N) is 1. The number of halogens is 1. The van der Waals surface area contributed by atoms with Gasteiger partial charge in [-0.2, -0.15) is 0 Å². The maximum Gasteiger partial charge on any atom is 0.325 e. The van der Waals surface area contributed by atoms with E-state index < -0.39 is 35.6 Å². The summed E-state index contributed by atoms with van der Waals surface area (Å²) in [5, 5.41) is 11.4. The molecule has 7 nitrogen and oxygen atoms in total. The minimum Gasteiger partial charge on any atom is -0.394 e. The third-order valence-electron chi connectivity index (χ3n) is 4.75. The molecule has 140 valence electrons. The van der Waals surface area contributed by atoms with Crippen molar-refractivity contribution in [3.05, 3.63) is 47.4 Å². The number of aliphatic hydroxyl groups excluding tert-OH is 1. The maximum atomic E-state index is 14.7. The molecule has 0 radical (unpaired) electrons. The number of hydrogen-bond donors (Lipinski definition) is 3. The maximum absolute atomic E-state index is 14.7. The Balaban J connectivity index is 1.83. The molecular weight excluding hydrogens is 341 g/mol. The van der Waals surface area contributed by atoms with Crippen molar-refractivity contribution in [2.24, 2.45) is 5.73 Å². The smallest absolute Gasteiger partial charge is 0.325 e. The SMILES string of the molecule is CCc1ccc(C(=O)C2(N)NC(=O)N([C@H]3CC[C@@H](CO)O3)C=C2F)cc1. The highest BCUT2D eigenvalue weighted by Gasteiger charge is 2.47. The fraction of sp³-hybridized carbons (Fsp3) is 0.444. The zero-order chi connectivity index (χ0) is 18.9. The number of benzene rings is 1. The van der Waals surface area contributed by atoms with Crippen LogP contribution < -0.4 is 11.1 Å². The quantitative estimate of drug-likeness (QED) is 0.686. The van der Waals surface area contributed by atoms with Gasteiger partial charge in [0.05, 0.1) is 12.7 Å². The number of ether oxygens (including phenoxy) is 1. The molecule has 4 N–H and O–H groups in total. The molecule has 0 bridgehead atoms. The van der Waals surface area contributed by atoms with E-state index in [2.05, 4.69) is 5.32 Å². The Bertz CT molecular complexity index is 736. The summed E-state index contributed by atoms with van der Waals surface area (Å²) in [6, 6.07) is 5.92. The van der Waals surface area contributed by atoms with E-state index in [0.717, 1.165) is 23.1 Å². The number of Topliss-reactive ketones (excluding diaryl/α,β-unsaturated/α-hetero) is 1. The monoisotopic (exact) mass is 363 g/mol. The lowest BCUT2D eigenvalue weighted by molar-refractivity contribution is -0.0394. The number of rotatable bonds is 5. The lowest BCUT2D eigenvalue weighted by Gasteiger charge is -2.37. The van der Waals surface area contributed by atoms with Crippen molar-refractivity contribution < 1.29 is 23.8 Å². The van der Waals surface area contributed by atoms with Gasteiger partial charge in [-0.15, -0.1) is 0 Å². The average molecular weight is 363 g/mol. The van der Waals surface area contributed by atoms with Crippen molar-refractivity contribution in [1.82, 2.24) is 10.2 Å². The van der Waals surface area contributed by atoms with Gasteiger partial charge in [0.15, 0.2) is 5.83 Å². The van der Waals surface area contributed by atoms with Crippen LogP contribution in [0.15, 0.2) is 36.3 Å². The molecule has 1 fully saturated rings. The zero-order valence-corrected chi connectivity index (χ0v) is 14.4. The van der Waals surface area contributed by atoms with Crippen LogP contribution in [0.5, 0.6) is 0 Å². The standard InChI is InChI=1S/C18H22FN3O4/c1-2-11-3-5-12(6-4-11)16(24)18(20)14(19)9-22(17(25)21-18)15-8-7-13(10-23)26-15/h3-6,9,13,15,23H,2,7-8,10,20H2,1H3,(H,21,25)/t13-,15+,18?/m0/s1. The van der Waals surface area contributed by atoms with Gasteiger partial charge in [-0.3, -0.25) is 15.4 Å². The first-order valence-corrected chi connectivity index (χ1v) is 8.56. The summed E-state index contributed by atoms with van der Waals surface area (Å²) in [6.07, 6.45) is 1.61. The minimum absolute atomic E-state index is 0.175. The van der Waals surface area contributed by atoms with E-state index in [1.165, 1.54) is 0 Å². The summed E-state index contributed by atoms with van der Waals surface area (Å²) in [5.41, 5.74) is 4.90. The van der Waals surface area contributed by atoms with Crippen molar-refractivity contribution in [2.75, 3.05) is 6.61 Å². The third-order valence-corrected chi connectivity index (χ3v) is 4.75. The van der Waals surface area contributed by atoms with Crippen molar-refractivity contribution in [3.63, 3.8) is 0 Å². The number of carbonyl (C=O) groups is 2. The molecule has 2 aliphatic heterocycles. The summed E-state index contributed by atoms with van der Waals surface area (Å²) in [4.78, 5) is 26.1. The van der Waals surface area contributed by atoms with Gasteiger partial charge in [0.25, 0.3) is 0 Å². The fourth-order valence-electron chi connectivity index (χ4n) is 3.10. The number of hydrogen-bond acceptors (Lipinski definition) is 5. The molecule has 2 amide bonds. The summed E-state index contributed by atoms with van der Waals surface area (Å²) in [5.74, 6) is -1.71. The van der Waals surface area contributed by atoms with Crippen molar-refractivity contribution in [3.8, 4) is 0 Å². The van der Waals surface area contributed by atoms with Gasteiger partial charge in [0.2, 0.25) is 11.4 Å². The second kappa shape index (κ2) is 7.14. The molecular formula is C18H22FN3O4. The molecule has 8 heteroatoms. The van der Waals surface area contributed by atoms with E-state index in [4.69, 9.17) is 15.6 Å². The van der Waals surface area contributed by atoms with Crippen LogP contribution in [0.3, 0.4) is 0 Å². The summed E-state index contributed by atoms with van der Waals surface area (Å²) < 4.78 is 20.2. The second-order valence-electron chi connectivity index (χ2n) is 6.47. The highest BCUT2D eigenvalue weighted by molar-refractivity contribution is 6.07. The molecule has 26 heavy (non-hydrogen) atoms. The van der Waals surface area contributed by atoms with Gasteiger partial charge < -0.3 is 15.2 Å². The number of nitrogens with one attached hydrogen (secondary N) is 1. The Labute approximate surface area is 150 Å². The molecule has 1 aromatic carbocycles. The molecule has 1 unspecified atom stereocenters. The largest absolute Gasteiger partial charge is 0.394 e. The predicted molar refractivity (Wildman–Crippen MR) is 91.6 cm³/mol. The Kier molecular flexibility index (Phi) is 5.08. The normalized spacial score (nSPS) is 28.7. The van der Waals surface area contributed by atoms with Gasteiger partial charge in [-0.25, -0.2) is 9.18 Å². The first-order chi connectivity index (χ1) is 12.4. The predicted octanol–water partition coefficient (Wildman–Crippen LogP) is 1.42. The first kappa shape index (κ1) is 18.5. The van der Waals surface area contributed by atoms with E-state index >= 15 is 0 Å². The fourth-order valence-corrected chi connectivity index (χ4v) is 3.10. The molecule has 3 rings (SSSR count). The molecule has 1 aromatic rings. The van der Waals surface area contributed by atoms with Gasteiger partial charge in [-0.05, 0) is 24.8 Å². The Hall–Kier alpha value is -2.29. The Morgan fingerprint density at radius 3 is 2.69 bits per heavy atom. The number of aliphatic hydroxyl groups is 1. The molecule has 0 spiro atoms. The van der Waals surface area contributed by atoms with Crippen LogP contribution in [0.1, 0.15) is 35.7 Å². The summed E-state index contributed by atoms with van der Waals surface area (Å²) in [7, 11) is 0. The van der Waals surface area contributed by atoms with Crippen molar-refractivity contribution >= 4 is 11.8 Å². The molecule has 0 aliphatic carbocycles. The van der Waals surface area contributed by atoms with Crippen LogP contribution in [0.4, 0.5) is 9.18 Å². The number of carbonyl (C=O) groups excluding carboxylic acids is 2. The molecule has 1 saturated heterocycles. The topological polar surface area (TPSA) is 105 Å². The molecule has 2 heterocycles. The zero-order valence-electron chi connectivity index (χ0n) is 14.4. The number of amides is 2. The van der Waals surface area contributed by atoms with Gasteiger partial charge in [-0.1, -0.05) is 31.2 Å². The van der Waals surface area contributed by atoms with Crippen LogP contribution in [-0.4, -0.2) is 46.4 Å². The Morgan fingerprint density at radius 2 is 2.12 bits per heavy atom. The molecule has 3 atom stereocenters. The minimum atomic E-state index is -2.25. The number of ketones is 1. The number of aryl methyl sites for hydroxylation is 1. The summed E-state index contributed by atoms with van der Waals surface area (Å²) in [6.45, 7) is 1.80. The van der Waals surface area contributed by atoms with Crippen LogP contribution >= 0.6 is 0 Å². The van der Waals surface area contributed by atoms with E-state index in [9.17, 15) is 14.0 Å². The van der Waals surface area contributed by atoms with E-state index in [0.29, 0.717) is 12.8 Å². The number of nitrogens with zero attached hydrogens (tertiary/aromatic N) is 1. The van der Waals surface area contributed by atoms with Crippen molar-refractivity contribution in [1.29, 1.82) is 0 Å². The summed E-state index contributed by atoms with van der Waals surface area (Å²) >= 11 is 0. The van der Waals surface area contributed by atoms with Crippen LogP contribution in [0, 0.1) is 0 Å². The molecule has 2 aliphatic rings. The highest BCUT2D eigenvalue weighted by atomic mass is 19.1. The Morgan fingerprint density at radius 1 is 1.42 bits per heavy atom. The average Bonchev–Trinajstić information content (AvgIpc) is 3.13. The van der Waals surface area contributed by atoms with Crippen LogP contribution in [0.2, 0.25) is 0 Å². The van der Waals surface area contributed by atoms with E-state index in [-0.39, 0.29) is 12.2 Å². The highest BCUT2D eigenvalue weighted by Crippen LogP contribution is 2.29. The molecule has 0 saturated carbocycles. The first-order valence-electron chi connectivity index (χ1n) is 8.56. The van der Waals surface area contributed by atoms with Gasteiger partial charge >= 0.3 is 6.03 Å². The second-order valence-corrected chi connectivity index (χ2v) is 6.47. The lowest BCUT2D eigenvalue weighted by atomic mass is 9.95. The molecule has 0 aromatic heterocycles. The van der Waals surface area contributed by atoms with E-state index in [1.807, 2.05) is 6.92 Å². The third kappa shape index (κ3) is 3.23. The van der Waals surface area contributed by atoms with Gasteiger partial charge in [0.1, 0.15) is 6.23 Å². The number of urea groups is 1. The lowest BCUT2D eigenvalue weighted by Crippen LogP contribution is -2.67. The van der Waals surface area contributed by atoms with Gasteiger partial charge in [0, 0.05) is 11.8 Å².